The number of anilines is 1. The number of piperidine rings is 1. The Bertz CT molecular complexity index is 941. The van der Waals surface area contributed by atoms with Gasteiger partial charge in [-0.2, -0.15) is 0 Å². The van der Waals surface area contributed by atoms with Crippen molar-refractivity contribution in [3.8, 4) is 11.1 Å². The van der Waals surface area contributed by atoms with Gasteiger partial charge in [0.15, 0.2) is 0 Å². The van der Waals surface area contributed by atoms with Gasteiger partial charge in [0.2, 0.25) is 0 Å². The number of para-hydroxylation sites is 1. The first-order valence-corrected chi connectivity index (χ1v) is 9.84. The lowest BCUT2D eigenvalue weighted by Crippen LogP contribution is -2.45. The summed E-state index contributed by atoms with van der Waals surface area (Å²) < 4.78 is 0. The maximum atomic E-state index is 13.5. The molecule has 1 unspecified atom stereocenters. The van der Waals surface area contributed by atoms with Crippen LogP contribution in [0.1, 0.15) is 28.9 Å². The van der Waals surface area contributed by atoms with E-state index in [1.54, 1.807) is 6.20 Å². The van der Waals surface area contributed by atoms with Gasteiger partial charge in [-0.1, -0.05) is 48.5 Å². The van der Waals surface area contributed by atoms with Crippen LogP contribution >= 0.6 is 0 Å². The fraction of sp³-hybridized carbons (Fsp3) is 0.250. The predicted molar refractivity (Wildman–Crippen MR) is 113 cm³/mol. The molecule has 28 heavy (non-hydrogen) atoms. The van der Waals surface area contributed by atoms with Crippen molar-refractivity contribution in [1.82, 2.24) is 9.88 Å². The quantitative estimate of drug-likeness (QED) is 0.718. The third-order valence-corrected chi connectivity index (χ3v) is 5.29. The highest BCUT2D eigenvalue weighted by atomic mass is 16.2. The van der Waals surface area contributed by atoms with Crippen molar-refractivity contribution >= 4 is 11.6 Å². The van der Waals surface area contributed by atoms with Crippen LogP contribution in [-0.4, -0.2) is 34.9 Å². The molecule has 0 aliphatic carbocycles. The molecule has 142 valence electrons. The third kappa shape index (κ3) is 3.91. The number of hydrogen-bond donors (Lipinski definition) is 1. The molecule has 4 rings (SSSR count). The molecule has 4 heteroatoms. The molecule has 1 aromatic heterocycles. The second-order valence-corrected chi connectivity index (χ2v) is 7.29. The highest BCUT2D eigenvalue weighted by molar-refractivity contribution is 6.01. The molecule has 1 saturated heterocycles. The predicted octanol–water partition coefficient (Wildman–Crippen LogP) is 4.77. The average Bonchev–Trinajstić information content (AvgIpc) is 2.75. The minimum Gasteiger partial charge on any atom is -0.381 e. The molecule has 2 aromatic carbocycles. The summed E-state index contributed by atoms with van der Waals surface area (Å²) in [5.41, 5.74) is 4.60. The van der Waals surface area contributed by atoms with Crippen molar-refractivity contribution in [2.75, 3.05) is 18.4 Å². The number of nitrogens with one attached hydrogen (secondary N) is 1. The van der Waals surface area contributed by atoms with Crippen LogP contribution in [0.5, 0.6) is 0 Å². The van der Waals surface area contributed by atoms with Crippen LogP contribution in [0.2, 0.25) is 0 Å². The largest absolute Gasteiger partial charge is 0.381 e. The van der Waals surface area contributed by atoms with Crippen molar-refractivity contribution in [2.45, 2.75) is 25.8 Å². The zero-order chi connectivity index (χ0) is 19.3. The molecule has 4 nitrogen and oxygen atoms in total. The van der Waals surface area contributed by atoms with E-state index in [2.05, 4.69) is 22.4 Å². The summed E-state index contributed by atoms with van der Waals surface area (Å²) in [6.45, 7) is 3.41. The van der Waals surface area contributed by atoms with E-state index in [-0.39, 0.29) is 11.9 Å². The van der Waals surface area contributed by atoms with Crippen LogP contribution in [0, 0.1) is 6.92 Å². The number of likely N-dealkylation sites (tertiary alicyclic amines) is 1. The van der Waals surface area contributed by atoms with Gasteiger partial charge in [-0.3, -0.25) is 9.78 Å². The highest BCUT2D eigenvalue weighted by Gasteiger charge is 2.27. The standard InChI is InChI=1S/C24H25N3O/c1-18-23(22(14-15-25-18)19-9-4-2-5-10-19)24(28)27-16-8-13-21(17-27)26-20-11-6-3-7-12-20/h2-7,9-12,14-15,21,26H,8,13,16-17H2,1H3. The van der Waals surface area contributed by atoms with Crippen LogP contribution in [0.15, 0.2) is 72.9 Å². The molecule has 1 aliphatic heterocycles. The first-order chi connectivity index (χ1) is 13.7. The molecule has 0 bridgehead atoms. The summed E-state index contributed by atoms with van der Waals surface area (Å²) in [6.07, 6.45) is 3.84. The number of rotatable bonds is 4. The number of carbonyl (C=O) groups excluding carboxylic acids is 1. The number of aryl methyl sites for hydroxylation is 1. The van der Waals surface area contributed by atoms with E-state index >= 15 is 0 Å². The zero-order valence-corrected chi connectivity index (χ0v) is 16.1. The molecule has 0 radical (unpaired) electrons. The Hall–Kier alpha value is -3.14. The van der Waals surface area contributed by atoms with Crippen molar-refractivity contribution < 1.29 is 4.79 Å². The van der Waals surface area contributed by atoms with E-state index in [1.165, 1.54) is 0 Å². The summed E-state index contributed by atoms with van der Waals surface area (Å²) in [7, 11) is 0. The molecule has 3 aromatic rings. The van der Waals surface area contributed by atoms with E-state index in [9.17, 15) is 4.79 Å². The molecule has 1 aliphatic rings. The number of aromatic nitrogens is 1. The zero-order valence-electron chi connectivity index (χ0n) is 16.1. The monoisotopic (exact) mass is 371 g/mol. The summed E-state index contributed by atoms with van der Waals surface area (Å²) in [6, 6.07) is 22.5. The normalized spacial score (nSPS) is 16.6. The van der Waals surface area contributed by atoms with Gasteiger partial charge in [-0.15, -0.1) is 0 Å². The van der Waals surface area contributed by atoms with Gasteiger partial charge < -0.3 is 10.2 Å². The van der Waals surface area contributed by atoms with Crippen molar-refractivity contribution in [1.29, 1.82) is 0 Å². The van der Waals surface area contributed by atoms with Gasteiger partial charge >= 0.3 is 0 Å². The Balaban J connectivity index is 1.58. The molecule has 2 heterocycles. The summed E-state index contributed by atoms with van der Waals surface area (Å²) in [5, 5.41) is 3.57. The lowest BCUT2D eigenvalue weighted by atomic mass is 9.97. The lowest BCUT2D eigenvalue weighted by Gasteiger charge is -2.34. The Morgan fingerprint density at radius 1 is 1.04 bits per heavy atom. The SMILES string of the molecule is Cc1nccc(-c2ccccc2)c1C(=O)N1CCCC(Nc2ccccc2)C1. The van der Waals surface area contributed by atoms with E-state index in [0.29, 0.717) is 12.1 Å². The maximum Gasteiger partial charge on any atom is 0.256 e. The minimum absolute atomic E-state index is 0.0732. The van der Waals surface area contributed by atoms with Gasteiger partial charge in [0.25, 0.3) is 5.91 Å². The summed E-state index contributed by atoms with van der Waals surface area (Å²) in [4.78, 5) is 19.8. The fourth-order valence-corrected chi connectivity index (χ4v) is 3.90. The first-order valence-electron chi connectivity index (χ1n) is 9.84. The van der Waals surface area contributed by atoms with Crippen LogP contribution in [-0.2, 0) is 0 Å². The summed E-state index contributed by atoms with van der Waals surface area (Å²) in [5.74, 6) is 0.0732. The second-order valence-electron chi connectivity index (χ2n) is 7.29. The third-order valence-electron chi connectivity index (χ3n) is 5.29. The topological polar surface area (TPSA) is 45.2 Å². The molecular formula is C24H25N3O. The lowest BCUT2D eigenvalue weighted by molar-refractivity contribution is 0.0714. The molecule has 1 fully saturated rings. The van der Waals surface area contributed by atoms with Gasteiger partial charge in [-0.25, -0.2) is 0 Å². The molecular weight excluding hydrogens is 346 g/mol. The Kier molecular flexibility index (Phi) is 5.38. The molecule has 0 spiro atoms. The molecule has 0 saturated carbocycles. The van der Waals surface area contributed by atoms with Gasteiger partial charge in [-0.05, 0) is 49.1 Å². The smallest absolute Gasteiger partial charge is 0.256 e. The van der Waals surface area contributed by atoms with Crippen LogP contribution in [0.3, 0.4) is 0 Å². The second kappa shape index (κ2) is 8.26. The molecule has 1 N–H and O–H groups in total. The highest BCUT2D eigenvalue weighted by Crippen LogP contribution is 2.27. The molecule has 1 atom stereocenters. The average molecular weight is 371 g/mol. The van der Waals surface area contributed by atoms with E-state index in [0.717, 1.165) is 41.9 Å². The van der Waals surface area contributed by atoms with Gasteiger partial charge in [0.1, 0.15) is 0 Å². The first kappa shape index (κ1) is 18.2. The number of benzene rings is 2. The number of hydrogen-bond acceptors (Lipinski definition) is 3. The van der Waals surface area contributed by atoms with Gasteiger partial charge in [0.05, 0.1) is 11.3 Å². The number of nitrogens with zero attached hydrogens (tertiary/aromatic N) is 2. The van der Waals surface area contributed by atoms with Crippen LogP contribution in [0.25, 0.3) is 11.1 Å². The van der Waals surface area contributed by atoms with Crippen LogP contribution in [0.4, 0.5) is 5.69 Å². The minimum atomic E-state index is 0.0732. The van der Waals surface area contributed by atoms with Gasteiger partial charge in [0, 0.05) is 31.0 Å². The Labute approximate surface area is 166 Å². The number of amides is 1. The van der Waals surface area contributed by atoms with Crippen molar-refractivity contribution in [2.24, 2.45) is 0 Å². The Morgan fingerprint density at radius 3 is 2.50 bits per heavy atom. The van der Waals surface area contributed by atoms with Crippen molar-refractivity contribution in [3.63, 3.8) is 0 Å². The van der Waals surface area contributed by atoms with Crippen LogP contribution < -0.4 is 5.32 Å². The van der Waals surface area contributed by atoms with E-state index in [4.69, 9.17) is 0 Å². The molecule has 1 amide bonds. The fourth-order valence-electron chi connectivity index (χ4n) is 3.90. The number of carbonyl (C=O) groups is 1. The summed E-state index contributed by atoms with van der Waals surface area (Å²) >= 11 is 0. The maximum absolute atomic E-state index is 13.5. The van der Waals surface area contributed by atoms with Crippen molar-refractivity contribution in [3.05, 3.63) is 84.2 Å². The Morgan fingerprint density at radius 2 is 1.75 bits per heavy atom. The van der Waals surface area contributed by atoms with E-state index < -0.39 is 0 Å². The van der Waals surface area contributed by atoms with E-state index in [1.807, 2.05) is 66.4 Å². The number of pyridine rings is 1.